The summed E-state index contributed by atoms with van der Waals surface area (Å²) in [5.41, 5.74) is 7.12. The van der Waals surface area contributed by atoms with Gasteiger partial charge in [0.05, 0.1) is 17.1 Å². The third-order valence-electron chi connectivity index (χ3n) is 4.26. The Morgan fingerprint density at radius 3 is 2.85 bits per heavy atom. The van der Waals surface area contributed by atoms with Crippen molar-refractivity contribution in [1.29, 1.82) is 0 Å². The monoisotopic (exact) mass is 347 g/mol. The van der Waals surface area contributed by atoms with Gasteiger partial charge in [-0.3, -0.25) is 9.79 Å². The molecule has 2 heterocycles. The van der Waals surface area contributed by atoms with E-state index in [2.05, 4.69) is 25.8 Å². The Kier molecular flexibility index (Phi) is 3.86. The second-order valence-electron chi connectivity index (χ2n) is 5.84. The van der Waals surface area contributed by atoms with Crippen LogP contribution in [0.15, 0.2) is 58.6 Å². The number of carbonyl (C=O) groups excluding carboxylic acids is 1. The number of hydrazone groups is 1. The number of aromatic amines is 1. The number of para-hydroxylation sites is 1. The second kappa shape index (κ2) is 6.34. The summed E-state index contributed by atoms with van der Waals surface area (Å²) in [5.74, 6) is 11.0. The zero-order chi connectivity index (χ0) is 18.1. The summed E-state index contributed by atoms with van der Waals surface area (Å²) in [5, 5.41) is 7.52. The number of aromatic nitrogens is 1. The number of anilines is 1. The number of fused-ring (bicyclic) bond motifs is 3. The summed E-state index contributed by atoms with van der Waals surface area (Å²) >= 11 is 0. The fourth-order valence-electron chi connectivity index (χ4n) is 3.10. The van der Waals surface area contributed by atoms with Gasteiger partial charge in [-0.25, -0.2) is 5.84 Å². The van der Waals surface area contributed by atoms with Crippen LogP contribution in [0.5, 0.6) is 0 Å². The minimum atomic E-state index is -0.157. The van der Waals surface area contributed by atoms with E-state index in [4.69, 9.17) is 11.7 Å². The number of nitrogens with one attached hydrogen (secondary N) is 3. The highest BCUT2D eigenvalue weighted by Gasteiger charge is 2.22. The number of H-pyrrole nitrogens is 1. The third-order valence-corrected chi connectivity index (χ3v) is 4.26. The minimum absolute atomic E-state index is 0.0450. The number of amidine groups is 1. The van der Waals surface area contributed by atoms with E-state index in [1.807, 2.05) is 48.5 Å². The first kappa shape index (κ1) is 15.9. The highest BCUT2D eigenvalue weighted by atomic mass is 16.1. The van der Waals surface area contributed by atoms with E-state index in [9.17, 15) is 4.79 Å². The van der Waals surface area contributed by atoms with E-state index in [0.29, 0.717) is 11.5 Å². The lowest BCUT2D eigenvalue weighted by molar-refractivity contribution is -0.114. The number of nitrogens with two attached hydrogens (primary N) is 2. The molecule has 1 aliphatic rings. The van der Waals surface area contributed by atoms with Crippen LogP contribution in [0.1, 0.15) is 16.8 Å². The molecule has 8 heteroatoms. The average Bonchev–Trinajstić information content (AvgIpc) is 2.93. The maximum Gasteiger partial charge on any atom is 0.246 e. The highest BCUT2D eigenvalue weighted by Crippen LogP contribution is 2.31. The summed E-state index contributed by atoms with van der Waals surface area (Å²) in [6.45, 7) is 0.0450. The molecule has 0 fully saturated rings. The van der Waals surface area contributed by atoms with Crippen LogP contribution in [-0.2, 0) is 4.79 Å². The van der Waals surface area contributed by atoms with Crippen molar-refractivity contribution in [2.45, 2.75) is 0 Å². The maximum absolute atomic E-state index is 12.1. The minimum Gasteiger partial charge on any atom is -0.351 e. The molecule has 0 atom stereocenters. The standard InChI is InChI=1S/C18H17N7O/c19-24-18(25-20)11-5-3-4-10(8-11)15-17-16(23-14(26)9-21-15)12-6-1-2-7-13(12)22-17/h1-8,22H,9,19-20H2,(H,23,26)(H,24,25). The van der Waals surface area contributed by atoms with Gasteiger partial charge in [-0.1, -0.05) is 36.4 Å². The van der Waals surface area contributed by atoms with Gasteiger partial charge >= 0.3 is 0 Å². The zero-order valence-corrected chi connectivity index (χ0v) is 13.8. The Morgan fingerprint density at radius 2 is 2.04 bits per heavy atom. The quantitative estimate of drug-likeness (QED) is 0.205. The fourth-order valence-corrected chi connectivity index (χ4v) is 3.10. The number of aliphatic imine (C=N–C) groups is 1. The Morgan fingerprint density at radius 1 is 1.19 bits per heavy atom. The topological polar surface area (TPSA) is 134 Å². The normalized spacial score (nSPS) is 14.4. The predicted molar refractivity (Wildman–Crippen MR) is 102 cm³/mol. The molecule has 7 N–H and O–H groups in total. The molecule has 8 nitrogen and oxygen atoms in total. The lowest BCUT2D eigenvalue weighted by atomic mass is 10.0. The van der Waals surface area contributed by atoms with Crippen molar-refractivity contribution in [2.24, 2.45) is 21.8 Å². The Hall–Kier alpha value is -3.65. The molecule has 1 aromatic heterocycles. The molecule has 0 saturated heterocycles. The van der Waals surface area contributed by atoms with Crippen molar-refractivity contribution >= 4 is 34.0 Å². The Bertz CT molecular complexity index is 1060. The van der Waals surface area contributed by atoms with E-state index in [1.54, 1.807) is 0 Å². The maximum atomic E-state index is 12.1. The SMILES string of the molecule is NN=C(NN)c1cccc(C2=NCC(=O)Nc3c2[nH]c2ccccc32)c1. The zero-order valence-electron chi connectivity index (χ0n) is 13.8. The Balaban J connectivity index is 1.90. The average molecular weight is 347 g/mol. The number of carbonyl (C=O) groups is 1. The molecule has 0 bridgehead atoms. The van der Waals surface area contributed by atoms with Crippen molar-refractivity contribution in [1.82, 2.24) is 10.4 Å². The lowest BCUT2D eigenvalue weighted by Crippen LogP contribution is -2.32. The van der Waals surface area contributed by atoms with Crippen LogP contribution < -0.4 is 22.4 Å². The summed E-state index contributed by atoms with van der Waals surface area (Å²) in [6.07, 6.45) is 0. The van der Waals surface area contributed by atoms with Crippen molar-refractivity contribution in [3.63, 3.8) is 0 Å². The molecule has 1 amide bonds. The van der Waals surface area contributed by atoms with Gasteiger partial charge in [-0.15, -0.1) is 0 Å². The number of hydrogen-bond acceptors (Lipinski definition) is 5. The molecule has 3 aromatic rings. The summed E-state index contributed by atoms with van der Waals surface area (Å²) in [7, 11) is 0. The molecule has 130 valence electrons. The van der Waals surface area contributed by atoms with Gasteiger partial charge in [0.25, 0.3) is 0 Å². The Labute approximate surface area is 149 Å². The fraction of sp³-hybridized carbons (Fsp3) is 0.0556. The second-order valence-corrected chi connectivity index (χ2v) is 5.84. The molecule has 0 aliphatic carbocycles. The first-order chi connectivity index (χ1) is 12.7. The van der Waals surface area contributed by atoms with E-state index in [-0.39, 0.29) is 12.5 Å². The number of nitrogens with zero attached hydrogens (tertiary/aromatic N) is 2. The smallest absolute Gasteiger partial charge is 0.246 e. The molecule has 2 aromatic carbocycles. The molecular formula is C18H17N7O. The summed E-state index contributed by atoms with van der Waals surface area (Å²) < 4.78 is 0. The van der Waals surface area contributed by atoms with Gasteiger partial charge in [-0.05, 0) is 12.1 Å². The summed E-state index contributed by atoms with van der Waals surface area (Å²) in [6, 6.07) is 15.3. The van der Waals surface area contributed by atoms with Crippen molar-refractivity contribution in [3.05, 3.63) is 65.4 Å². The van der Waals surface area contributed by atoms with E-state index in [0.717, 1.165) is 33.4 Å². The number of amides is 1. The van der Waals surface area contributed by atoms with E-state index < -0.39 is 0 Å². The number of rotatable bonds is 2. The number of hydrazine groups is 1. The molecule has 26 heavy (non-hydrogen) atoms. The van der Waals surface area contributed by atoms with Crippen LogP contribution in [0.4, 0.5) is 5.69 Å². The van der Waals surface area contributed by atoms with Crippen LogP contribution in [0, 0.1) is 0 Å². The van der Waals surface area contributed by atoms with Crippen molar-refractivity contribution in [2.75, 3.05) is 11.9 Å². The molecule has 4 rings (SSSR count). The molecule has 1 aliphatic heterocycles. The number of hydrogen-bond donors (Lipinski definition) is 5. The molecular weight excluding hydrogens is 330 g/mol. The predicted octanol–water partition coefficient (Wildman–Crippen LogP) is 1.04. The summed E-state index contributed by atoms with van der Waals surface area (Å²) in [4.78, 5) is 20.0. The molecule has 0 radical (unpaired) electrons. The molecule has 0 unspecified atom stereocenters. The largest absolute Gasteiger partial charge is 0.351 e. The van der Waals surface area contributed by atoms with E-state index in [1.165, 1.54) is 0 Å². The van der Waals surface area contributed by atoms with Gasteiger partial charge in [0.15, 0.2) is 5.84 Å². The van der Waals surface area contributed by atoms with E-state index >= 15 is 0 Å². The van der Waals surface area contributed by atoms with Crippen LogP contribution in [0.3, 0.4) is 0 Å². The first-order valence-electron chi connectivity index (χ1n) is 8.02. The van der Waals surface area contributed by atoms with Crippen LogP contribution in [0.25, 0.3) is 10.9 Å². The van der Waals surface area contributed by atoms with Crippen molar-refractivity contribution < 1.29 is 4.79 Å². The van der Waals surface area contributed by atoms with Gasteiger partial charge in [0.2, 0.25) is 5.91 Å². The number of benzene rings is 2. The third kappa shape index (κ3) is 2.58. The van der Waals surface area contributed by atoms with Crippen LogP contribution >= 0.6 is 0 Å². The highest BCUT2D eigenvalue weighted by molar-refractivity contribution is 6.23. The lowest BCUT2D eigenvalue weighted by Gasteiger charge is -2.09. The van der Waals surface area contributed by atoms with Gasteiger partial charge in [0.1, 0.15) is 6.54 Å². The van der Waals surface area contributed by atoms with Gasteiger partial charge in [-0.2, -0.15) is 5.10 Å². The van der Waals surface area contributed by atoms with Crippen molar-refractivity contribution in [3.8, 4) is 0 Å². The van der Waals surface area contributed by atoms with Gasteiger partial charge < -0.3 is 21.6 Å². The first-order valence-corrected chi connectivity index (χ1v) is 8.02. The van der Waals surface area contributed by atoms with Crippen LogP contribution in [0.2, 0.25) is 0 Å². The molecule has 0 saturated carbocycles. The molecule has 0 spiro atoms. The van der Waals surface area contributed by atoms with Gasteiger partial charge in [0, 0.05) is 22.0 Å². The van der Waals surface area contributed by atoms with Crippen LogP contribution in [-0.4, -0.2) is 29.0 Å².